The van der Waals surface area contributed by atoms with Gasteiger partial charge in [-0.3, -0.25) is 14.9 Å². The molecule has 0 aliphatic carbocycles. The van der Waals surface area contributed by atoms with Crippen molar-refractivity contribution in [1.82, 2.24) is 4.37 Å². The minimum atomic E-state index is -0.496. The first-order valence-electron chi connectivity index (χ1n) is 10.1. The number of anilines is 1. The van der Waals surface area contributed by atoms with Crippen molar-refractivity contribution in [1.29, 1.82) is 0 Å². The predicted octanol–water partition coefficient (Wildman–Crippen LogP) is 6.73. The number of nitro benzene ring substituents is 1. The fourth-order valence-electron chi connectivity index (χ4n) is 3.51. The smallest absolute Gasteiger partial charge is 0.270 e. The van der Waals surface area contributed by atoms with Crippen molar-refractivity contribution in [2.45, 2.75) is 0 Å². The molecule has 0 spiro atoms. The van der Waals surface area contributed by atoms with E-state index in [1.165, 1.54) is 12.1 Å². The molecule has 5 aromatic rings. The molecular weight excluding hydrogens is 454 g/mol. The summed E-state index contributed by atoms with van der Waals surface area (Å²) < 4.78 is 4.25. The number of aromatic hydroxyl groups is 1. The molecule has 1 amide bonds. The monoisotopic (exact) mass is 469 g/mol. The van der Waals surface area contributed by atoms with Gasteiger partial charge in [0.15, 0.2) is 10.8 Å². The van der Waals surface area contributed by atoms with E-state index >= 15 is 0 Å². The Morgan fingerprint density at radius 1 is 0.971 bits per heavy atom. The van der Waals surface area contributed by atoms with E-state index in [0.717, 1.165) is 11.5 Å². The lowest BCUT2D eigenvalue weighted by Crippen LogP contribution is -2.12. The molecule has 0 radical (unpaired) electrons. The summed E-state index contributed by atoms with van der Waals surface area (Å²) in [5.74, 6) is -0.819. The molecule has 0 saturated carbocycles. The Balaban J connectivity index is 1.59. The fraction of sp³-hybridized carbons (Fsp3) is 0. The Labute approximate surface area is 196 Å². The number of rotatable bonds is 5. The molecule has 34 heavy (non-hydrogen) atoms. The maximum absolute atomic E-state index is 12.9. The van der Waals surface area contributed by atoms with Crippen LogP contribution >= 0.6 is 11.5 Å². The number of non-ortho nitro benzene ring substituents is 1. The highest BCUT2D eigenvalue weighted by Crippen LogP contribution is 2.41. The maximum Gasteiger partial charge on any atom is 0.270 e. The van der Waals surface area contributed by atoms with E-state index in [2.05, 4.69) is 19.9 Å². The van der Waals surface area contributed by atoms with Crippen LogP contribution in [-0.2, 0) is 0 Å². The van der Waals surface area contributed by atoms with Gasteiger partial charge in [0.2, 0.25) is 0 Å². The summed E-state index contributed by atoms with van der Waals surface area (Å²) in [5, 5.41) is 35.5. The maximum atomic E-state index is 12.9. The minimum Gasteiger partial charge on any atom is -0.505 e. The Kier molecular flexibility index (Phi) is 5.40. The molecule has 1 heterocycles. The Hall–Kier alpha value is -4.70. The van der Waals surface area contributed by atoms with Crippen LogP contribution in [0.1, 0.15) is 10.4 Å². The second kappa shape index (κ2) is 8.68. The molecule has 0 fully saturated rings. The van der Waals surface area contributed by atoms with Gasteiger partial charge in [-0.1, -0.05) is 42.5 Å². The summed E-state index contributed by atoms with van der Waals surface area (Å²) in [5.41, 5.74) is 1.21. The molecule has 0 saturated heterocycles. The normalized spacial score (nSPS) is 11.3. The number of azo groups is 1. The van der Waals surface area contributed by atoms with Crippen molar-refractivity contribution in [2.24, 2.45) is 10.2 Å². The topological polar surface area (TPSA) is 130 Å². The second-order valence-electron chi connectivity index (χ2n) is 7.31. The number of fused-ring (bicyclic) bond motifs is 2. The van der Waals surface area contributed by atoms with E-state index in [1.807, 2.05) is 12.1 Å². The number of benzene rings is 4. The van der Waals surface area contributed by atoms with Gasteiger partial charge in [0.25, 0.3) is 11.6 Å². The number of hydrogen-bond donors (Lipinski definition) is 2. The highest BCUT2D eigenvalue weighted by atomic mass is 32.1. The van der Waals surface area contributed by atoms with Gasteiger partial charge in [-0.15, -0.1) is 10.2 Å². The molecule has 0 aliphatic rings. The molecule has 5 rings (SSSR count). The van der Waals surface area contributed by atoms with E-state index in [9.17, 15) is 20.0 Å². The first-order valence-corrected chi connectivity index (χ1v) is 10.9. The molecule has 0 atom stereocenters. The SMILES string of the molecule is O=C(Nc1ccccc1)c1cc2ccccc2c(N=Nc2snc3ccc([N+](=O)[O-])cc23)c1O. The van der Waals surface area contributed by atoms with Crippen LogP contribution in [0, 0.1) is 10.1 Å². The number of carbonyl (C=O) groups is 1. The molecular formula is C24H15N5O4S. The predicted molar refractivity (Wildman–Crippen MR) is 130 cm³/mol. The lowest BCUT2D eigenvalue weighted by molar-refractivity contribution is -0.384. The van der Waals surface area contributed by atoms with Crippen molar-refractivity contribution in [3.63, 3.8) is 0 Å². The van der Waals surface area contributed by atoms with Crippen molar-refractivity contribution < 1.29 is 14.8 Å². The van der Waals surface area contributed by atoms with E-state index < -0.39 is 10.8 Å². The zero-order valence-corrected chi connectivity index (χ0v) is 18.2. The molecule has 0 aliphatic heterocycles. The largest absolute Gasteiger partial charge is 0.505 e. The zero-order chi connectivity index (χ0) is 23.7. The molecule has 10 heteroatoms. The van der Waals surface area contributed by atoms with Crippen molar-refractivity contribution >= 4 is 61.2 Å². The number of carbonyl (C=O) groups excluding carboxylic acids is 1. The number of para-hydroxylation sites is 1. The third-order valence-electron chi connectivity index (χ3n) is 5.16. The van der Waals surface area contributed by atoms with Crippen LogP contribution in [0.2, 0.25) is 0 Å². The highest BCUT2D eigenvalue weighted by Gasteiger charge is 2.19. The molecule has 1 aromatic heterocycles. The van der Waals surface area contributed by atoms with E-state index in [0.29, 0.717) is 32.4 Å². The number of nitrogens with zero attached hydrogens (tertiary/aromatic N) is 4. The number of hydrogen-bond acceptors (Lipinski definition) is 8. The summed E-state index contributed by atoms with van der Waals surface area (Å²) in [7, 11) is 0. The van der Waals surface area contributed by atoms with Crippen LogP contribution in [0.25, 0.3) is 21.7 Å². The average molecular weight is 469 g/mol. The molecule has 166 valence electrons. The number of phenolic OH excluding ortho intramolecular Hbond substituents is 1. The van der Waals surface area contributed by atoms with E-state index in [-0.39, 0.29) is 22.7 Å². The van der Waals surface area contributed by atoms with Crippen LogP contribution < -0.4 is 5.32 Å². The van der Waals surface area contributed by atoms with Crippen LogP contribution in [-0.4, -0.2) is 20.3 Å². The van der Waals surface area contributed by atoms with Gasteiger partial charge in [0, 0.05) is 28.6 Å². The van der Waals surface area contributed by atoms with Crippen LogP contribution in [0.3, 0.4) is 0 Å². The van der Waals surface area contributed by atoms with Gasteiger partial charge in [0.1, 0.15) is 5.69 Å². The first-order chi connectivity index (χ1) is 16.5. The highest BCUT2D eigenvalue weighted by molar-refractivity contribution is 7.11. The molecule has 9 nitrogen and oxygen atoms in total. The van der Waals surface area contributed by atoms with Gasteiger partial charge in [0.05, 0.1) is 16.0 Å². The van der Waals surface area contributed by atoms with Gasteiger partial charge in [-0.05, 0) is 41.2 Å². The van der Waals surface area contributed by atoms with Crippen molar-refractivity contribution in [3.8, 4) is 5.75 Å². The van der Waals surface area contributed by atoms with Crippen molar-refractivity contribution in [3.05, 3.63) is 94.5 Å². The number of amides is 1. The van der Waals surface area contributed by atoms with Crippen LogP contribution in [0.4, 0.5) is 22.1 Å². The summed E-state index contributed by atoms with van der Waals surface area (Å²) in [6, 6.07) is 22.0. The summed E-state index contributed by atoms with van der Waals surface area (Å²) in [6.07, 6.45) is 0. The summed E-state index contributed by atoms with van der Waals surface area (Å²) in [6.45, 7) is 0. The Bertz CT molecular complexity index is 1600. The second-order valence-corrected chi connectivity index (χ2v) is 8.06. The average Bonchev–Trinajstić information content (AvgIpc) is 3.26. The summed E-state index contributed by atoms with van der Waals surface area (Å²) in [4.78, 5) is 23.6. The van der Waals surface area contributed by atoms with Gasteiger partial charge < -0.3 is 10.4 Å². The van der Waals surface area contributed by atoms with Gasteiger partial charge in [-0.25, -0.2) is 0 Å². The number of nitro groups is 1. The third kappa shape index (κ3) is 3.93. The molecule has 0 bridgehead atoms. The number of aromatic nitrogens is 1. The van der Waals surface area contributed by atoms with Gasteiger partial charge in [-0.2, -0.15) is 4.37 Å². The van der Waals surface area contributed by atoms with Crippen LogP contribution in [0.5, 0.6) is 5.75 Å². The summed E-state index contributed by atoms with van der Waals surface area (Å²) >= 11 is 1.03. The number of phenols is 1. The zero-order valence-electron chi connectivity index (χ0n) is 17.4. The fourth-order valence-corrected chi connectivity index (χ4v) is 4.19. The Morgan fingerprint density at radius 3 is 2.53 bits per heavy atom. The minimum absolute atomic E-state index is 0.0429. The number of nitrogens with one attached hydrogen (secondary N) is 1. The standard InChI is InChI=1S/C24H15N5O4S/c30-22-19(23(31)25-15-7-2-1-3-8-15)12-14-6-4-5-9-17(14)21(22)26-27-24-18-13-16(29(32)33)10-11-20(18)28-34-24/h1-13,30H,(H,25,31). The quantitative estimate of drug-likeness (QED) is 0.167. The third-order valence-corrected chi connectivity index (χ3v) is 5.93. The lowest BCUT2D eigenvalue weighted by Gasteiger charge is -2.11. The molecule has 4 aromatic carbocycles. The van der Waals surface area contributed by atoms with E-state index in [4.69, 9.17) is 0 Å². The first kappa shape index (κ1) is 21.2. The molecule has 2 N–H and O–H groups in total. The van der Waals surface area contributed by atoms with Crippen molar-refractivity contribution in [2.75, 3.05) is 5.32 Å². The van der Waals surface area contributed by atoms with E-state index in [1.54, 1.807) is 54.6 Å². The van der Waals surface area contributed by atoms with Crippen LogP contribution in [0.15, 0.2) is 89.1 Å². The van der Waals surface area contributed by atoms with Gasteiger partial charge >= 0.3 is 0 Å². The molecule has 0 unspecified atom stereocenters. The lowest BCUT2D eigenvalue weighted by atomic mass is 10.0. The Morgan fingerprint density at radius 2 is 1.74 bits per heavy atom.